The topological polar surface area (TPSA) is 31.0 Å². The van der Waals surface area contributed by atoms with Crippen LogP contribution in [0.3, 0.4) is 0 Å². The summed E-state index contributed by atoms with van der Waals surface area (Å²) in [6.45, 7) is 2.14. The highest BCUT2D eigenvalue weighted by Crippen LogP contribution is 2.48. The molecule has 0 aliphatic carbocycles. The van der Waals surface area contributed by atoms with E-state index in [-0.39, 0.29) is 0 Å². The number of para-hydroxylation sites is 3. The van der Waals surface area contributed by atoms with E-state index in [1.54, 1.807) is 0 Å². The summed E-state index contributed by atoms with van der Waals surface area (Å²) in [6, 6.07) is 43.0. The predicted molar refractivity (Wildman–Crippen MR) is 168 cm³/mol. The van der Waals surface area contributed by atoms with Crippen molar-refractivity contribution in [1.29, 1.82) is 0 Å². The van der Waals surface area contributed by atoms with Gasteiger partial charge >= 0.3 is 0 Å². The van der Waals surface area contributed by atoms with Gasteiger partial charge in [0.1, 0.15) is 11.3 Å². The van der Waals surface area contributed by atoms with Gasteiger partial charge in [0.15, 0.2) is 0 Å². The molecule has 1 aliphatic heterocycles. The lowest BCUT2D eigenvalue weighted by Gasteiger charge is -2.12. The first-order valence-corrected chi connectivity index (χ1v) is 14.0. The van der Waals surface area contributed by atoms with Crippen LogP contribution in [0.4, 0.5) is 0 Å². The number of pyridine rings is 1. The third-order valence-corrected chi connectivity index (χ3v) is 8.61. The average Bonchev–Trinajstić information content (AvgIpc) is 3.52. The van der Waals surface area contributed by atoms with Gasteiger partial charge in [-0.2, -0.15) is 0 Å². The molecule has 192 valence electrons. The fraction of sp³-hybridized carbons (Fsp3) is 0.0263. The molecule has 3 nitrogen and oxygen atoms in total. The monoisotopic (exact) mass is 524 g/mol. The van der Waals surface area contributed by atoms with E-state index in [1.807, 2.05) is 12.3 Å². The van der Waals surface area contributed by atoms with Crippen LogP contribution in [0.2, 0.25) is 0 Å². The van der Waals surface area contributed by atoms with Gasteiger partial charge in [-0.25, -0.2) is 0 Å². The maximum Gasteiger partial charge on any atom is 0.144 e. The third kappa shape index (κ3) is 3.00. The van der Waals surface area contributed by atoms with Crippen LogP contribution in [-0.4, -0.2) is 9.55 Å². The molecular formula is C38H24N2O. The summed E-state index contributed by atoms with van der Waals surface area (Å²) in [6.07, 6.45) is 1.94. The normalized spacial score (nSPS) is 12.0. The van der Waals surface area contributed by atoms with E-state index in [1.165, 1.54) is 38.8 Å². The second-order valence-electron chi connectivity index (χ2n) is 10.8. The van der Waals surface area contributed by atoms with Crippen LogP contribution in [0.1, 0.15) is 5.56 Å². The Balaban J connectivity index is 1.42. The van der Waals surface area contributed by atoms with Gasteiger partial charge in [-0.3, -0.25) is 4.98 Å². The molecule has 0 spiro atoms. The van der Waals surface area contributed by atoms with Crippen molar-refractivity contribution in [1.82, 2.24) is 9.55 Å². The Morgan fingerprint density at radius 3 is 2.07 bits per heavy atom. The number of nitrogens with zero attached hydrogens (tertiary/aromatic N) is 2. The van der Waals surface area contributed by atoms with Crippen LogP contribution >= 0.6 is 0 Å². The Morgan fingerprint density at radius 1 is 0.585 bits per heavy atom. The molecule has 3 aromatic heterocycles. The molecule has 1 aliphatic rings. The van der Waals surface area contributed by atoms with Crippen LogP contribution in [0.15, 0.2) is 132 Å². The van der Waals surface area contributed by atoms with E-state index in [4.69, 9.17) is 9.40 Å². The van der Waals surface area contributed by atoms with Gasteiger partial charge in [0.25, 0.3) is 0 Å². The zero-order valence-electron chi connectivity index (χ0n) is 22.4. The van der Waals surface area contributed by atoms with E-state index in [2.05, 4.69) is 127 Å². The summed E-state index contributed by atoms with van der Waals surface area (Å²) in [5.41, 5.74) is 13.5. The van der Waals surface area contributed by atoms with Gasteiger partial charge in [0.05, 0.1) is 22.4 Å². The highest BCUT2D eigenvalue weighted by molar-refractivity contribution is 6.21. The van der Waals surface area contributed by atoms with Crippen LogP contribution in [0.25, 0.3) is 83.3 Å². The average molecular weight is 525 g/mol. The molecule has 4 heterocycles. The molecule has 0 saturated carbocycles. The fourth-order valence-corrected chi connectivity index (χ4v) is 6.83. The molecule has 0 N–H and O–H groups in total. The maximum absolute atomic E-state index is 6.68. The molecule has 41 heavy (non-hydrogen) atoms. The minimum Gasteiger partial charge on any atom is -0.455 e. The highest BCUT2D eigenvalue weighted by atomic mass is 16.3. The summed E-state index contributed by atoms with van der Waals surface area (Å²) >= 11 is 0. The molecule has 3 heteroatoms. The van der Waals surface area contributed by atoms with Gasteiger partial charge in [-0.1, -0.05) is 103 Å². The van der Waals surface area contributed by atoms with Crippen molar-refractivity contribution in [2.24, 2.45) is 0 Å². The summed E-state index contributed by atoms with van der Waals surface area (Å²) in [7, 11) is 0. The smallest absolute Gasteiger partial charge is 0.144 e. The summed E-state index contributed by atoms with van der Waals surface area (Å²) in [5.74, 6) is 0.907. The third-order valence-electron chi connectivity index (χ3n) is 8.61. The molecular weight excluding hydrogens is 500 g/mol. The van der Waals surface area contributed by atoms with Crippen LogP contribution in [0.5, 0.6) is 0 Å². The number of aromatic nitrogens is 2. The first-order valence-electron chi connectivity index (χ1n) is 14.0. The zero-order valence-corrected chi connectivity index (χ0v) is 22.4. The number of fused-ring (bicyclic) bond motifs is 9. The quantitative estimate of drug-likeness (QED) is 0.225. The number of furan rings is 1. The summed E-state index contributed by atoms with van der Waals surface area (Å²) in [4.78, 5) is 5.04. The molecule has 0 saturated heterocycles. The molecule has 9 rings (SSSR count). The molecule has 0 fully saturated rings. The lowest BCUT2D eigenvalue weighted by Crippen LogP contribution is -1.96. The molecule has 0 radical (unpaired) electrons. The highest BCUT2D eigenvalue weighted by Gasteiger charge is 2.26. The number of hydrogen-bond acceptors (Lipinski definition) is 2. The minimum atomic E-state index is 0.874. The van der Waals surface area contributed by atoms with Gasteiger partial charge in [-0.05, 0) is 36.2 Å². The largest absolute Gasteiger partial charge is 0.455 e. The summed E-state index contributed by atoms with van der Waals surface area (Å²) < 4.78 is 9.11. The first-order chi connectivity index (χ1) is 20.3. The number of hydrogen-bond donors (Lipinski definition) is 0. The Bertz CT molecular complexity index is 2320. The van der Waals surface area contributed by atoms with Crippen molar-refractivity contribution < 1.29 is 4.42 Å². The molecule has 0 unspecified atom stereocenters. The lowest BCUT2D eigenvalue weighted by molar-refractivity contribution is 0.630. The first kappa shape index (κ1) is 22.4. The van der Waals surface area contributed by atoms with Crippen LogP contribution < -0.4 is 0 Å². The molecule has 8 aromatic rings. The Labute approximate surface area is 236 Å². The molecule has 0 atom stereocenters. The molecule has 0 amide bonds. The van der Waals surface area contributed by atoms with Crippen molar-refractivity contribution in [2.75, 3.05) is 0 Å². The number of benzene rings is 5. The van der Waals surface area contributed by atoms with Crippen molar-refractivity contribution in [3.8, 4) is 50.5 Å². The van der Waals surface area contributed by atoms with E-state index in [0.29, 0.717) is 0 Å². The fourth-order valence-electron chi connectivity index (χ4n) is 6.83. The minimum absolute atomic E-state index is 0.874. The van der Waals surface area contributed by atoms with Gasteiger partial charge in [0, 0.05) is 50.2 Å². The Hall–Kier alpha value is -5.41. The second kappa shape index (κ2) is 8.30. The number of aryl methyl sites for hydroxylation is 1. The van der Waals surface area contributed by atoms with E-state index < -0.39 is 0 Å². The van der Waals surface area contributed by atoms with Crippen molar-refractivity contribution in [3.63, 3.8) is 0 Å². The van der Waals surface area contributed by atoms with Gasteiger partial charge in [0.2, 0.25) is 0 Å². The summed E-state index contributed by atoms with van der Waals surface area (Å²) in [5, 5.41) is 3.45. The zero-order chi connectivity index (χ0) is 27.1. The Morgan fingerprint density at radius 2 is 1.24 bits per heavy atom. The molecule has 0 bridgehead atoms. The van der Waals surface area contributed by atoms with E-state index >= 15 is 0 Å². The molecule has 5 aromatic carbocycles. The number of rotatable bonds is 2. The maximum atomic E-state index is 6.68. The second-order valence-corrected chi connectivity index (χ2v) is 10.8. The van der Waals surface area contributed by atoms with Crippen molar-refractivity contribution in [2.45, 2.75) is 6.92 Å². The van der Waals surface area contributed by atoms with E-state index in [0.717, 1.165) is 50.0 Å². The SMILES string of the molecule is Cc1c(-c2ccccc2)oc2c(-c3nccc4c3c3cccc5c3n4-c3ccccc3-c3ccccc3-5)cccc12. The predicted octanol–water partition coefficient (Wildman–Crippen LogP) is 10.2. The van der Waals surface area contributed by atoms with E-state index in [9.17, 15) is 0 Å². The van der Waals surface area contributed by atoms with Crippen LogP contribution in [-0.2, 0) is 0 Å². The van der Waals surface area contributed by atoms with Crippen molar-refractivity contribution >= 4 is 32.8 Å². The Kier molecular flexibility index (Phi) is 4.53. The van der Waals surface area contributed by atoms with Gasteiger partial charge < -0.3 is 8.98 Å². The lowest BCUT2D eigenvalue weighted by atomic mass is 9.93. The standard InChI is InChI=1S/C38H24N2O/c1-23-25-16-9-19-31(38(25)41-37(23)24-11-3-2-4-12-24)35-34-30-18-10-17-29-27-14-6-5-13-26(27)28-15-7-8-20-32(28)40(36(29)30)33(34)21-22-39-35/h2-22H,1H3. The van der Waals surface area contributed by atoms with Crippen LogP contribution in [0, 0.1) is 6.92 Å². The van der Waals surface area contributed by atoms with Gasteiger partial charge in [-0.15, -0.1) is 0 Å². The van der Waals surface area contributed by atoms with Crippen molar-refractivity contribution in [3.05, 3.63) is 133 Å².